The number of aryl methyl sites for hydroxylation is 1. The standard InChI is InChI=1S/C26H17FN2O4S/c1-16-24(31)28(14-18-7-11-22-19(13-18)8-12-23(30)33-22)26(32)29-15-21(34-25(16)29)4-2-3-17-5-9-20(27)10-6-17/h5-13,15H,3,14H2,1H3. The first-order valence-corrected chi connectivity index (χ1v) is 11.2. The lowest BCUT2D eigenvalue weighted by atomic mass is 10.1. The van der Waals surface area contributed by atoms with Crippen LogP contribution in [0.3, 0.4) is 0 Å². The van der Waals surface area contributed by atoms with Crippen molar-refractivity contribution in [3.05, 3.63) is 119 Å². The molecule has 0 spiro atoms. The fourth-order valence-corrected chi connectivity index (χ4v) is 4.66. The summed E-state index contributed by atoms with van der Waals surface area (Å²) in [6.45, 7) is 1.77. The number of rotatable bonds is 3. The molecule has 0 saturated heterocycles. The van der Waals surface area contributed by atoms with Crippen molar-refractivity contribution in [1.82, 2.24) is 8.97 Å². The van der Waals surface area contributed by atoms with Crippen LogP contribution in [0.15, 0.2) is 79.6 Å². The maximum atomic E-state index is 13.1. The lowest BCUT2D eigenvalue weighted by Crippen LogP contribution is -2.38. The highest BCUT2D eigenvalue weighted by molar-refractivity contribution is 7.18. The third-order valence-electron chi connectivity index (χ3n) is 5.44. The molecule has 3 aromatic heterocycles. The van der Waals surface area contributed by atoms with E-state index in [0.29, 0.717) is 32.7 Å². The fourth-order valence-electron chi connectivity index (χ4n) is 3.70. The van der Waals surface area contributed by atoms with Gasteiger partial charge in [0.2, 0.25) is 0 Å². The third kappa shape index (κ3) is 4.09. The molecule has 0 aliphatic carbocycles. The summed E-state index contributed by atoms with van der Waals surface area (Å²) in [5.74, 6) is 5.77. The molecule has 5 rings (SSSR count). The highest BCUT2D eigenvalue weighted by Crippen LogP contribution is 2.18. The number of hydrogen-bond donors (Lipinski definition) is 0. The molecule has 34 heavy (non-hydrogen) atoms. The monoisotopic (exact) mass is 472 g/mol. The van der Waals surface area contributed by atoms with Crippen molar-refractivity contribution in [2.75, 3.05) is 0 Å². The van der Waals surface area contributed by atoms with Crippen LogP contribution in [-0.4, -0.2) is 8.97 Å². The molecule has 0 N–H and O–H groups in total. The lowest BCUT2D eigenvalue weighted by Gasteiger charge is -2.08. The van der Waals surface area contributed by atoms with E-state index in [-0.39, 0.29) is 17.9 Å². The number of benzene rings is 2. The van der Waals surface area contributed by atoms with Crippen LogP contribution in [0, 0.1) is 24.6 Å². The maximum Gasteiger partial charge on any atom is 0.336 e. The van der Waals surface area contributed by atoms with Gasteiger partial charge in [0.15, 0.2) is 0 Å². The highest BCUT2D eigenvalue weighted by atomic mass is 32.1. The smallest absolute Gasteiger partial charge is 0.336 e. The number of aromatic nitrogens is 2. The SMILES string of the molecule is Cc1c(=O)n(Cc2ccc3oc(=O)ccc3c2)c(=O)n2cc(C#CCc3ccc(F)cc3)sc12. The minimum atomic E-state index is -0.451. The first-order chi connectivity index (χ1) is 16.4. The Morgan fingerprint density at radius 3 is 2.56 bits per heavy atom. The second-order valence-corrected chi connectivity index (χ2v) is 8.83. The topological polar surface area (TPSA) is 73.7 Å². The van der Waals surface area contributed by atoms with Gasteiger partial charge in [-0.25, -0.2) is 14.0 Å². The van der Waals surface area contributed by atoms with Crippen LogP contribution in [0.5, 0.6) is 0 Å². The van der Waals surface area contributed by atoms with Gasteiger partial charge in [-0.05, 0) is 48.4 Å². The summed E-state index contributed by atoms with van der Waals surface area (Å²) in [6, 6.07) is 14.3. The van der Waals surface area contributed by atoms with Crippen molar-refractivity contribution in [3.8, 4) is 11.8 Å². The van der Waals surface area contributed by atoms with Crippen molar-refractivity contribution in [2.45, 2.75) is 19.9 Å². The Balaban J connectivity index is 1.49. The molecule has 2 aromatic carbocycles. The number of hydrogen-bond acceptors (Lipinski definition) is 5. The van der Waals surface area contributed by atoms with E-state index >= 15 is 0 Å². The van der Waals surface area contributed by atoms with E-state index in [9.17, 15) is 18.8 Å². The summed E-state index contributed by atoms with van der Waals surface area (Å²) in [5, 5.41) is 0.706. The second kappa shape index (κ2) is 8.61. The van der Waals surface area contributed by atoms with E-state index in [1.54, 1.807) is 49.5 Å². The Kier molecular flexibility index (Phi) is 5.48. The lowest BCUT2D eigenvalue weighted by molar-refractivity contribution is 0.560. The Morgan fingerprint density at radius 2 is 1.76 bits per heavy atom. The number of nitrogens with zero attached hydrogens (tertiary/aromatic N) is 2. The molecule has 0 aliphatic rings. The Labute approximate surface area is 196 Å². The Bertz CT molecular complexity index is 1800. The largest absolute Gasteiger partial charge is 0.423 e. The molecule has 0 atom stereocenters. The van der Waals surface area contributed by atoms with Crippen LogP contribution in [-0.2, 0) is 13.0 Å². The van der Waals surface area contributed by atoms with E-state index < -0.39 is 11.3 Å². The van der Waals surface area contributed by atoms with E-state index in [4.69, 9.17) is 4.42 Å². The van der Waals surface area contributed by atoms with Crippen LogP contribution in [0.2, 0.25) is 0 Å². The van der Waals surface area contributed by atoms with Gasteiger partial charge in [-0.3, -0.25) is 13.8 Å². The van der Waals surface area contributed by atoms with Crippen LogP contribution in [0.25, 0.3) is 15.8 Å². The number of halogens is 1. The van der Waals surface area contributed by atoms with Gasteiger partial charge in [-0.15, -0.1) is 11.3 Å². The van der Waals surface area contributed by atoms with Gasteiger partial charge >= 0.3 is 11.3 Å². The molecule has 0 aliphatic heterocycles. The molecule has 0 amide bonds. The average molecular weight is 472 g/mol. The van der Waals surface area contributed by atoms with Crippen LogP contribution >= 0.6 is 11.3 Å². The molecule has 5 aromatic rings. The summed E-state index contributed by atoms with van der Waals surface area (Å²) in [4.78, 5) is 38.7. The molecule has 6 nitrogen and oxygen atoms in total. The third-order valence-corrected chi connectivity index (χ3v) is 6.56. The van der Waals surface area contributed by atoms with Crippen molar-refractivity contribution >= 4 is 27.1 Å². The van der Waals surface area contributed by atoms with Crippen LogP contribution in [0.1, 0.15) is 21.6 Å². The first kappa shape index (κ1) is 21.6. The van der Waals surface area contributed by atoms with Gasteiger partial charge < -0.3 is 4.42 Å². The number of thiazole rings is 1. The number of fused-ring (bicyclic) bond motifs is 2. The maximum absolute atomic E-state index is 13.1. The van der Waals surface area contributed by atoms with Gasteiger partial charge in [0.1, 0.15) is 16.2 Å². The molecule has 0 saturated carbocycles. The molecular formula is C26H17FN2O4S. The average Bonchev–Trinajstić information content (AvgIpc) is 3.26. The predicted molar refractivity (Wildman–Crippen MR) is 129 cm³/mol. The van der Waals surface area contributed by atoms with Gasteiger partial charge in [0.25, 0.3) is 5.56 Å². The first-order valence-electron chi connectivity index (χ1n) is 10.4. The molecule has 0 fully saturated rings. The molecule has 0 radical (unpaired) electrons. The summed E-state index contributed by atoms with van der Waals surface area (Å²) >= 11 is 1.28. The van der Waals surface area contributed by atoms with Crippen molar-refractivity contribution in [3.63, 3.8) is 0 Å². The van der Waals surface area contributed by atoms with Gasteiger partial charge in [0.05, 0.1) is 11.4 Å². The van der Waals surface area contributed by atoms with Crippen LogP contribution < -0.4 is 16.9 Å². The Morgan fingerprint density at radius 1 is 1.00 bits per heavy atom. The van der Waals surface area contributed by atoms with Crippen molar-refractivity contribution in [1.29, 1.82) is 0 Å². The molecule has 0 bridgehead atoms. The zero-order chi connectivity index (χ0) is 23.8. The van der Waals surface area contributed by atoms with Gasteiger partial charge in [-0.1, -0.05) is 30.0 Å². The zero-order valence-electron chi connectivity index (χ0n) is 18.0. The van der Waals surface area contributed by atoms with Gasteiger partial charge in [0, 0.05) is 29.6 Å². The quantitative estimate of drug-likeness (QED) is 0.296. The van der Waals surface area contributed by atoms with Crippen molar-refractivity contribution in [2.24, 2.45) is 0 Å². The minimum absolute atomic E-state index is 0.0813. The van der Waals surface area contributed by atoms with E-state index in [2.05, 4.69) is 11.8 Å². The summed E-state index contributed by atoms with van der Waals surface area (Å²) < 4.78 is 20.8. The molecule has 8 heteroatoms. The molecule has 168 valence electrons. The van der Waals surface area contributed by atoms with Gasteiger partial charge in [-0.2, -0.15) is 0 Å². The summed E-state index contributed by atoms with van der Waals surface area (Å²) in [6.07, 6.45) is 2.08. The van der Waals surface area contributed by atoms with Crippen LogP contribution in [0.4, 0.5) is 4.39 Å². The normalized spacial score (nSPS) is 11.0. The summed E-state index contributed by atoms with van der Waals surface area (Å²) in [5.41, 5.74) is 1.26. The molecular weight excluding hydrogens is 455 g/mol. The zero-order valence-corrected chi connectivity index (χ0v) is 18.8. The van der Waals surface area contributed by atoms with E-state index in [0.717, 1.165) is 11.1 Å². The molecule has 3 heterocycles. The van der Waals surface area contributed by atoms with E-state index in [1.165, 1.54) is 38.5 Å². The minimum Gasteiger partial charge on any atom is -0.423 e. The predicted octanol–water partition coefficient (Wildman–Crippen LogP) is 3.72. The Hall–Kier alpha value is -4.22. The summed E-state index contributed by atoms with van der Waals surface area (Å²) in [7, 11) is 0. The molecule has 0 unspecified atom stereocenters. The van der Waals surface area contributed by atoms with Crippen molar-refractivity contribution < 1.29 is 8.81 Å². The second-order valence-electron chi connectivity index (χ2n) is 7.80. The highest BCUT2D eigenvalue weighted by Gasteiger charge is 2.14. The fraction of sp³-hybridized carbons (Fsp3) is 0.115. The van der Waals surface area contributed by atoms with E-state index in [1.807, 2.05) is 0 Å².